The van der Waals surface area contributed by atoms with Gasteiger partial charge in [0, 0.05) is 16.5 Å². The molecule has 3 N–H and O–H groups in total. The quantitative estimate of drug-likeness (QED) is 0.668. The maximum Gasteiger partial charge on any atom is 0.132 e. The third kappa shape index (κ3) is 3.08. The normalized spacial score (nSPS) is 11.1. The van der Waals surface area contributed by atoms with Gasteiger partial charge < -0.3 is 15.5 Å². The van der Waals surface area contributed by atoms with E-state index < -0.39 is 0 Å². The molecule has 0 atom stereocenters. The van der Waals surface area contributed by atoms with E-state index in [4.69, 9.17) is 10.5 Å². The number of nitrogens with one attached hydrogen (secondary N) is 1. The molecule has 0 saturated carbocycles. The molecule has 1 aromatic heterocycles. The van der Waals surface area contributed by atoms with Crippen molar-refractivity contribution in [3.8, 4) is 17.0 Å². The number of H-pyrrole nitrogens is 1. The van der Waals surface area contributed by atoms with Crippen molar-refractivity contribution in [2.45, 2.75) is 19.3 Å². The van der Waals surface area contributed by atoms with E-state index >= 15 is 0 Å². The molecular weight excluding hydrogens is 291 g/mol. The summed E-state index contributed by atoms with van der Waals surface area (Å²) in [6.07, 6.45) is 2.78. The molecule has 23 heavy (non-hydrogen) atoms. The smallest absolute Gasteiger partial charge is 0.132 e. The number of hydrogen-bond acceptors (Lipinski definition) is 2. The molecule has 3 nitrogen and oxygen atoms in total. The monoisotopic (exact) mass is 312 g/mol. The zero-order valence-corrected chi connectivity index (χ0v) is 13.2. The Bertz CT molecular complexity index is 810. The fourth-order valence-electron chi connectivity index (χ4n) is 2.95. The Balaban J connectivity index is 2.15. The van der Waals surface area contributed by atoms with Crippen LogP contribution in [-0.4, -0.2) is 18.6 Å². The summed E-state index contributed by atoms with van der Waals surface area (Å²) in [6.45, 7) is 0.667. The molecule has 0 saturated heterocycles. The summed E-state index contributed by atoms with van der Waals surface area (Å²) in [7, 11) is 1.65. The molecule has 120 valence electrons. The number of aromatic amines is 1. The predicted molar refractivity (Wildman–Crippen MR) is 92.2 cm³/mol. The number of methoxy groups -OCH3 is 1. The number of nitrogens with two attached hydrogens (primary N) is 1. The van der Waals surface area contributed by atoms with E-state index in [1.165, 1.54) is 6.07 Å². The van der Waals surface area contributed by atoms with Crippen LogP contribution in [0.1, 0.15) is 18.4 Å². The second kappa shape index (κ2) is 6.84. The van der Waals surface area contributed by atoms with E-state index in [1.807, 2.05) is 30.3 Å². The van der Waals surface area contributed by atoms with Crippen molar-refractivity contribution >= 4 is 10.9 Å². The topological polar surface area (TPSA) is 51.0 Å². The summed E-state index contributed by atoms with van der Waals surface area (Å²) >= 11 is 0. The molecule has 2 aromatic carbocycles. The lowest BCUT2D eigenvalue weighted by Crippen LogP contribution is -1.99. The Kier molecular flexibility index (Phi) is 4.63. The van der Waals surface area contributed by atoms with Gasteiger partial charge in [0.2, 0.25) is 0 Å². The number of halogens is 1. The minimum Gasteiger partial charge on any atom is -0.497 e. The zero-order valence-electron chi connectivity index (χ0n) is 13.2. The number of fused-ring (bicyclic) bond motifs is 1. The predicted octanol–water partition coefficient (Wildman–Crippen LogP) is 4.26. The van der Waals surface area contributed by atoms with E-state index in [1.54, 1.807) is 13.2 Å². The van der Waals surface area contributed by atoms with Crippen LogP contribution in [0.25, 0.3) is 22.2 Å². The summed E-state index contributed by atoms with van der Waals surface area (Å²) in [4.78, 5) is 3.37. The standard InChI is InChI=1S/C19H21FN2O/c1-23-13-9-10-18-16(12-13)14(6-4-5-11-21)19(22-18)15-7-2-3-8-17(15)20/h2-3,7-10,12,22H,4-6,11,21H2,1H3. The van der Waals surface area contributed by atoms with Gasteiger partial charge >= 0.3 is 0 Å². The van der Waals surface area contributed by atoms with E-state index in [0.29, 0.717) is 12.1 Å². The summed E-state index contributed by atoms with van der Waals surface area (Å²) in [6, 6.07) is 12.8. The first-order chi connectivity index (χ1) is 11.2. The van der Waals surface area contributed by atoms with Crippen LogP contribution in [-0.2, 0) is 6.42 Å². The van der Waals surface area contributed by atoms with Crippen LogP contribution in [0, 0.1) is 5.82 Å². The number of ether oxygens (including phenoxy) is 1. The van der Waals surface area contributed by atoms with Crippen LogP contribution in [0.2, 0.25) is 0 Å². The van der Waals surface area contributed by atoms with Gasteiger partial charge in [0.25, 0.3) is 0 Å². The van der Waals surface area contributed by atoms with Gasteiger partial charge in [0.1, 0.15) is 11.6 Å². The molecule has 0 aliphatic rings. The highest BCUT2D eigenvalue weighted by atomic mass is 19.1. The number of unbranched alkanes of at least 4 members (excludes halogenated alkanes) is 1. The molecule has 0 radical (unpaired) electrons. The van der Waals surface area contributed by atoms with Gasteiger partial charge in [0.15, 0.2) is 0 Å². The van der Waals surface area contributed by atoms with Gasteiger partial charge in [-0.25, -0.2) is 4.39 Å². The SMILES string of the molecule is COc1ccc2[nH]c(-c3ccccc3F)c(CCCCN)c2c1. The van der Waals surface area contributed by atoms with E-state index in [9.17, 15) is 4.39 Å². The summed E-state index contributed by atoms with van der Waals surface area (Å²) in [5.41, 5.74) is 9.18. The molecule has 0 bridgehead atoms. The number of hydrogen-bond donors (Lipinski definition) is 2. The largest absolute Gasteiger partial charge is 0.497 e. The average molecular weight is 312 g/mol. The van der Waals surface area contributed by atoms with Gasteiger partial charge in [-0.05, 0) is 61.7 Å². The maximum atomic E-state index is 14.3. The highest BCUT2D eigenvalue weighted by Gasteiger charge is 2.16. The highest BCUT2D eigenvalue weighted by molar-refractivity contribution is 5.91. The van der Waals surface area contributed by atoms with Crippen molar-refractivity contribution in [3.63, 3.8) is 0 Å². The Morgan fingerprint density at radius 3 is 2.70 bits per heavy atom. The Morgan fingerprint density at radius 1 is 1.13 bits per heavy atom. The van der Waals surface area contributed by atoms with Gasteiger partial charge in [-0.2, -0.15) is 0 Å². The fourth-order valence-corrected chi connectivity index (χ4v) is 2.95. The second-order valence-corrected chi connectivity index (χ2v) is 5.62. The lowest BCUT2D eigenvalue weighted by Gasteiger charge is -2.06. The molecule has 0 unspecified atom stereocenters. The number of rotatable bonds is 6. The summed E-state index contributed by atoms with van der Waals surface area (Å²) < 4.78 is 19.6. The van der Waals surface area contributed by atoms with Gasteiger partial charge in [-0.3, -0.25) is 0 Å². The third-order valence-corrected chi connectivity index (χ3v) is 4.14. The zero-order chi connectivity index (χ0) is 16.2. The first kappa shape index (κ1) is 15.6. The van der Waals surface area contributed by atoms with Crippen molar-refractivity contribution in [2.75, 3.05) is 13.7 Å². The Morgan fingerprint density at radius 2 is 1.96 bits per heavy atom. The second-order valence-electron chi connectivity index (χ2n) is 5.62. The van der Waals surface area contributed by atoms with Crippen molar-refractivity contribution in [2.24, 2.45) is 5.73 Å². The molecule has 0 aliphatic heterocycles. The Labute approximate surface area is 135 Å². The molecule has 0 spiro atoms. The molecule has 4 heteroatoms. The van der Waals surface area contributed by atoms with Crippen molar-refractivity contribution in [3.05, 3.63) is 53.8 Å². The first-order valence-corrected chi connectivity index (χ1v) is 7.88. The fraction of sp³-hybridized carbons (Fsp3) is 0.263. The number of aryl methyl sites for hydroxylation is 1. The van der Waals surface area contributed by atoms with Gasteiger partial charge in [-0.1, -0.05) is 12.1 Å². The molecule has 0 fully saturated rings. The van der Waals surface area contributed by atoms with Crippen LogP contribution in [0.5, 0.6) is 5.75 Å². The number of benzene rings is 2. The molecule has 3 aromatic rings. The average Bonchev–Trinajstić information content (AvgIpc) is 2.93. The molecule has 1 heterocycles. The van der Waals surface area contributed by atoms with Crippen LogP contribution in [0.4, 0.5) is 4.39 Å². The van der Waals surface area contributed by atoms with Crippen molar-refractivity contribution in [1.82, 2.24) is 4.98 Å². The number of aromatic nitrogens is 1. The molecule has 0 aliphatic carbocycles. The highest BCUT2D eigenvalue weighted by Crippen LogP contribution is 2.34. The minimum atomic E-state index is -0.217. The van der Waals surface area contributed by atoms with E-state index in [0.717, 1.165) is 47.2 Å². The van der Waals surface area contributed by atoms with E-state index in [2.05, 4.69) is 4.98 Å². The van der Waals surface area contributed by atoms with Crippen molar-refractivity contribution < 1.29 is 9.13 Å². The summed E-state index contributed by atoms with van der Waals surface area (Å²) in [5, 5.41) is 1.08. The van der Waals surface area contributed by atoms with Crippen LogP contribution < -0.4 is 10.5 Å². The van der Waals surface area contributed by atoms with Crippen LogP contribution >= 0.6 is 0 Å². The lowest BCUT2D eigenvalue weighted by molar-refractivity contribution is 0.415. The lowest BCUT2D eigenvalue weighted by atomic mass is 10.00. The molecule has 0 amide bonds. The first-order valence-electron chi connectivity index (χ1n) is 7.88. The van der Waals surface area contributed by atoms with Gasteiger partial charge in [0.05, 0.1) is 12.8 Å². The maximum absolute atomic E-state index is 14.3. The van der Waals surface area contributed by atoms with E-state index in [-0.39, 0.29) is 5.82 Å². The summed E-state index contributed by atoms with van der Waals surface area (Å²) in [5.74, 6) is 0.586. The third-order valence-electron chi connectivity index (χ3n) is 4.14. The Hall–Kier alpha value is -2.33. The van der Waals surface area contributed by atoms with Gasteiger partial charge in [-0.15, -0.1) is 0 Å². The minimum absolute atomic E-state index is 0.217. The van der Waals surface area contributed by atoms with Crippen molar-refractivity contribution in [1.29, 1.82) is 0 Å². The van der Waals surface area contributed by atoms with Crippen LogP contribution in [0.3, 0.4) is 0 Å². The molecular formula is C19H21FN2O. The molecule has 3 rings (SSSR count). The van der Waals surface area contributed by atoms with Crippen LogP contribution in [0.15, 0.2) is 42.5 Å².